The highest BCUT2D eigenvalue weighted by atomic mass is 35.5. The molecule has 0 saturated heterocycles. The molecular formula is C23H15ClN2O4S. The van der Waals surface area contributed by atoms with E-state index in [0.717, 1.165) is 5.39 Å². The number of nitrogens with zero attached hydrogens (tertiary/aromatic N) is 1. The molecule has 4 aromatic carbocycles. The lowest BCUT2D eigenvalue weighted by molar-refractivity contribution is -0.384. The number of hydrogen-bond donors (Lipinski definition) is 2. The number of non-ortho nitro benzene ring substituents is 1. The number of phenols is 1. The Morgan fingerprint density at radius 3 is 2.29 bits per heavy atom. The minimum atomic E-state index is -0.512. The fraction of sp³-hybridized carbons (Fsp3) is 0. The SMILES string of the molecule is O=C(Nc1ccccc1)c1cc(Sc2ccc([N+](=O)[O-])cc2Cl)c2ccccc2c1O. The van der Waals surface area contributed by atoms with Crippen LogP contribution >= 0.6 is 23.4 Å². The molecule has 0 aliphatic carbocycles. The third kappa shape index (κ3) is 4.33. The smallest absolute Gasteiger partial charge is 0.270 e. The second-order valence-electron chi connectivity index (χ2n) is 6.61. The molecule has 0 aliphatic heterocycles. The van der Waals surface area contributed by atoms with Crippen LogP contribution in [0.4, 0.5) is 11.4 Å². The summed E-state index contributed by atoms with van der Waals surface area (Å²) < 4.78 is 0. The zero-order valence-corrected chi connectivity index (χ0v) is 17.5. The van der Waals surface area contributed by atoms with Crippen LogP contribution in [0.15, 0.2) is 88.7 Å². The third-order valence-corrected chi connectivity index (χ3v) is 6.16. The van der Waals surface area contributed by atoms with E-state index >= 15 is 0 Å². The van der Waals surface area contributed by atoms with Crippen LogP contribution in [0.5, 0.6) is 5.75 Å². The molecule has 154 valence electrons. The van der Waals surface area contributed by atoms with Crippen LogP contribution in [0.1, 0.15) is 10.4 Å². The largest absolute Gasteiger partial charge is 0.506 e. The lowest BCUT2D eigenvalue weighted by Crippen LogP contribution is -2.12. The van der Waals surface area contributed by atoms with Crippen molar-refractivity contribution in [1.29, 1.82) is 0 Å². The zero-order valence-electron chi connectivity index (χ0n) is 15.9. The first-order valence-electron chi connectivity index (χ1n) is 9.17. The Hall–Kier alpha value is -3.55. The van der Waals surface area contributed by atoms with Gasteiger partial charge in [0.05, 0.1) is 15.5 Å². The number of para-hydroxylation sites is 1. The summed E-state index contributed by atoms with van der Waals surface area (Å²) in [6.07, 6.45) is 0. The van der Waals surface area contributed by atoms with Crippen LogP contribution in [-0.2, 0) is 0 Å². The maximum atomic E-state index is 12.9. The average Bonchev–Trinajstić information content (AvgIpc) is 2.77. The maximum absolute atomic E-state index is 12.9. The Morgan fingerprint density at radius 2 is 1.61 bits per heavy atom. The number of carbonyl (C=O) groups excluding carboxylic acids is 1. The van der Waals surface area contributed by atoms with E-state index < -0.39 is 10.8 Å². The van der Waals surface area contributed by atoms with Gasteiger partial charge < -0.3 is 10.4 Å². The fourth-order valence-electron chi connectivity index (χ4n) is 3.11. The van der Waals surface area contributed by atoms with Crippen molar-refractivity contribution in [3.63, 3.8) is 0 Å². The molecule has 0 spiro atoms. The van der Waals surface area contributed by atoms with E-state index in [9.17, 15) is 20.0 Å². The molecule has 0 heterocycles. The van der Waals surface area contributed by atoms with E-state index in [1.54, 1.807) is 48.5 Å². The van der Waals surface area contributed by atoms with Crippen LogP contribution in [0.2, 0.25) is 5.02 Å². The number of nitro groups is 1. The van der Waals surface area contributed by atoms with Gasteiger partial charge in [-0.1, -0.05) is 65.8 Å². The number of amides is 1. The first-order chi connectivity index (χ1) is 14.9. The second kappa shape index (κ2) is 8.67. The highest BCUT2D eigenvalue weighted by Gasteiger charge is 2.19. The van der Waals surface area contributed by atoms with Crippen molar-refractivity contribution in [1.82, 2.24) is 0 Å². The number of hydrogen-bond acceptors (Lipinski definition) is 5. The van der Waals surface area contributed by atoms with Gasteiger partial charge in [-0.2, -0.15) is 0 Å². The Morgan fingerprint density at radius 1 is 0.935 bits per heavy atom. The molecule has 0 saturated carbocycles. The van der Waals surface area contributed by atoms with Gasteiger partial charge in [0.2, 0.25) is 0 Å². The first-order valence-corrected chi connectivity index (χ1v) is 10.4. The van der Waals surface area contributed by atoms with Crippen molar-refractivity contribution in [2.75, 3.05) is 5.32 Å². The second-order valence-corrected chi connectivity index (χ2v) is 8.10. The summed E-state index contributed by atoms with van der Waals surface area (Å²) in [4.78, 5) is 24.6. The molecule has 4 rings (SSSR count). The number of rotatable bonds is 5. The summed E-state index contributed by atoms with van der Waals surface area (Å²) in [5, 5.41) is 26.0. The predicted molar refractivity (Wildman–Crippen MR) is 122 cm³/mol. The quantitative estimate of drug-likeness (QED) is 0.267. The molecular weight excluding hydrogens is 436 g/mol. The highest BCUT2D eigenvalue weighted by Crippen LogP contribution is 2.42. The van der Waals surface area contributed by atoms with Gasteiger partial charge in [0, 0.05) is 33.0 Å². The zero-order chi connectivity index (χ0) is 22.0. The van der Waals surface area contributed by atoms with Gasteiger partial charge in [0.25, 0.3) is 11.6 Å². The number of fused-ring (bicyclic) bond motifs is 1. The lowest BCUT2D eigenvalue weighted by atomic mass is 10.0. The summed E-state index contributed by atoms with van der Waals surface area (Å²) in [6.45, 7) is 0. The van der Waals surface area contributed by atoms with E-state index in [-0.39, 0.29) is 22.0 Å². The Kier molecular flexibility index (Phi) is 5.79. The molecule has 8 heteroatoms. The van der Waals surface area contributed by atoms with Gasteiger partial charge in [0.15, 0.2) is 0 Å². The molecule has 0 aliphatic rings. The Balaban J connectivity index is 1.77. The van der Waals surface area contributed by atoms with Gasteiger partial charge in [-0.05, 0) is 29.7 Å². The number of phenolic OH excluding ortho intramolecular Hbond substituents is 1. The van der Waals surface area contributed by atoms with Crippen molar-refractivity contribution >= 4 is 51.4 Å². The number of halogens is 1. The number of aromatic hydroxyl groups is 1. The van der Waals surface area contributed by atoms with Crippen molar-refractivity contribution in [3.8, 4) is 5.75 Å². The summed E-state index contributed by atoms with van der Waals surface area (Å²) in [6, 6.07) is 21.9. The van der Waals surface area contributed by atoms with Crippen LogP contribution < -0.4 is 5.32 Å². The molecule has 2 N–H and O–H groups in total. The lowest BCUT2D eigenvalue weighted by Gasteiger charge is -2.13. The van der Waals surface area contributed by atoms with E-state index in [0.29, 0.717) is 20.9 Å². The van der Waals surface area contributed by atoms with Crippen molar-refractivity contribution in [2.45, 2.75) is 9.79 Å². The monoisotopic (exact) mass is 450 g/mol. The van der Waals surface area contributed by atoms with Gasteiger partial charge in [0.1, 0.15) is 5.75 Å². The van der Waals surface area contributed by atoms with E-state index in [1.165, 1.54) is 23.9 Å². The number of nitrogens with one attached hydrogen (secondary N) is 1. The predicted octanol–water partition coefficient (Wildman–Crippen LogP) is 6.51. The van der Waals surface area contributed by atoms with Gasteiger partial charge in [-0.15, -0.1) is 0 Å². The van der Waals surface area contributed by atoms with Crippen LogP contribution in [0.3, 0.4) is 0 Å². The normalized spacial score (nSPS) is 10.7. The van der Waals surface area contributed by atoms with Crippen molar-refractivity contribution in [3.05, 3.63) is 99.6 Å². The van der Waals surface area contributed by atoms with E-state index in [1.807, 2.05) is 18.2 Å². The van der Waals surface area contributed by atoms with Gasteiger partial charge in [-0.25, -0.2) is 0 Å². The standard InChI is InChI=1S/C23H15ClN2O4S/c24-19-12-15(26(29)30)10-11-20(19)31-21-13-18(22(27)17-9-5-4-8-16(17)21)23(28)25-14-6-2-1-3-7-14/h1-13,27H,(H,25,28). The summed E-state index contributed by atoms with van der Waals surface area (Å²) >= 11 is 7.53. The van der Waals surface area contributed by atoms with E-state index in [4.69, 9.17) is 11.6 Å². The molecule has 0 atom stereocenters. The van der Waals surface area contributed by atoms with Crippen LogP contribution in [0, 0.1) is 10.1 Å². The third-order valence-electron chi connectivity index (χ3n) is 4.60. The summed E-state index contributed by atoms with van der Waals surface area (Å²) in [5.41, 5.74) is 0.614. The number of benzene rings is 4. The highest BCUT2D eigenvalue weighted by molar-refractivity contribution is 7.99. The summed E-state index contributed by atoms with van der Waals surface area (Å²) in [5.74, 6) is -0.575. The Bertz CT molecular complexity index is 1310. The molecule has 31 heavy (non-hydrogen) atoms. The van der Waals surface area contributed by atoms with Gasteiger partial charge >= 0.3 is 0 Å². The van der Waals surface area contributed by atoms with Gasteiger partial charge in [-0.3, -0.25) is 14.9 Å². The molecule has 6 nitrogen and oxygen atoms in total. The molecule has 4 aromatic rings. The van der Waals surface area contributed by atoms with Crippen molar-refractivity contribution < 1.29 is 14.8 Å². The fourth-order valence-corrected chi connectivity index (χ4v) is 4.39. The molecule has 0 aromatic heterocycles. The van der Waals surface area contributed by atoms with E-state index in [2.05, 4.69) is 5.32 Å². The molecule has 0 bridgehead atoms. The average molecular weight is 451 g/mol. The topological polar surface area (TPSA) is 92.5 Å². The van der Waals surface area contributed by atoms with Crippen LogP contribution in [0.25, 0.3) is 10.8 Å². The number of carbonyl (C=O) groups is 1. The Labute approximate surface area is 186 Å². The molecule has 0 radical (unpaired) electrons. The number of nitro benzene ring substituents is 1. The van der Waals surface area contributed by atoms with Crippen LogP contribution in [-0.4, -0.2) is 15.9 Å². The molecule has 0 fully saturated rings. The first kappa shape index (κ1) is 20.7. The molecule has 1 amide bonds. The summed E-state index contributed by atoms with van der Waals surface area (Å²) in [7, 11) is 0. The molecule has 0 unspecified atom stereocenters. The maximum Gasteiger partial charge on any atom is 0.270 e. The number of anilines is 1. The van der Waals surface area contributed by atoms with Crippen molar-refractivity contribution in [2.24, 2.45) is 0 Å². The minimum Gasteiger partial charge on any atom is -0.506 e. The minimum absolute atomic E-state index is 0.104.